The molecule has 0 aliphatic carbocycles. The number of hydrogen-bond donors (Lipinski definition) is 0. The Hall–Kier alpha value is -2.97. The molecule has 0 N–H and O–H groups in total. The van der Waals surface area contributed by atoms with Gasteiger partial charge in [0.2, 0.25) is 5.75 Å². The van der Waals surface area contributed by atoms with E-state index in [-0.39, 0.29) is 12.0 Å². The van der Waals surface area contributed by atoms with E-state index in [0.29, 0.717) is 42.6 Å². The Morgan fingerprint density at radius 2 is 1.57 bits per heavy atom. The van der Waals surface area contributed by atoms with Gasteiger partial charge in [-0.3, -0.25) is 4.90 Å². The molecule has 2 aromatic carbocycles. The van der Waals surface area contributed by atoms with E-state index < -0.39 is 12.1 Å². The van der Waals surface area contributed by atoms with E-state index in [9.17, 15) is 4.79 Å². The second-order valence-electron chi connectivity index (χ2n) is 9.44. The first-order chi connectivity index (χ1) is 16.7. The van der Waals surface area contributed by atoms with Crippen LogP contribution in [0.15, 0.2) is 36.4 Å². The van der Waals surface area contributed by atoms with E-state index in [2.05, 4.69) is 37.8 Å². The third-order valence-electron chi connectivity index (χ3n) is 5.90. The number of methoxy groups -OCH3 is 3. The van der Waals surface area contributed by atoms with E-state index in [1.54, 1.807) is 12.1 Å². The number of carbonyl (C=O) groups excluding carboxylic acids is 1. The summed E-state index contributed by atoms with van der Waals surface area (Å²) in [7, 11) is 4.53. The average Bonchev–Trinajstić information content (AvgIpc) is 2.86. The monoisotopic (exact) mass is 487 g/mol. The quantitative estimate of drug-likeness (QED) is 0.467. The molecular formula is C27H37NO7. The molecule has 8 nitrogen and oxygen atoms in total. The first-order valence-electron chi connectivity index (χ1n) is 11.8. The van der Waals surface area contributed by atoms with E-state index in [0.717, 1.165) is 18.8 Å². The van der Waals surface area contributed by atoms with Crippen LogP contribution in [0.5, 0.6) is 23.0 Å². The molecule has 1 aliphatic rings. The highest BCUT2D eigenvalue weighted by molar-refractivity contribution is 5.91. The Balaban J connectivity index is 1.74. The number of hydrogen-bond acceptors (Lipinski definition) is 8. The van der Waals surface area contributed by atoms with Gasteiger partial charge >= 0.3 is 5.97 Å². The van der Waals surface area contributed by atoms with Crippen molar-refractivity contribution in [1.29, 1.82) is 0 Å². The molecule has 35 heavy (non-hydrogen) atoms. The lowest BCUT2D eigenvalue weighted by atomic mass is 9.87. The SMILES string of the molecule is COc1cc(C(=O)OC(COc2ccc(C(C)(C)C)cc2)CN2CCOCC2)cc(OC)c1OC. The Labute approximate surface area is 208 Å². The van der Waals surface area contributed by atoms with Gasteiger partial charge in [0.1, 0.15) is 18.5 Å². The molecule has 1 fully saturated rings. The van der Waals surface area contributed by atoms with E-state index in [1.807, 2.05) is 12.1 Å². The van der Waals surface area contributed by atoms with Crippen molar-refractivity contribution in [2.24, 2.45) is 0 Å². The van der Waals surface area contributed by atoms with Gasteiger partial charge in [-0.25, -0.2) is 4.79 Å². The lowest BCUT2D eigenvalue weighted by Crippen LogP contribution is -2.44. The Kier molecular flexibility index (Phi) is 9.23. The van der Waals surface area contributed by atoms with Crippen molar-refractivity contribution < 1.29 is 33.2 Å². The van der Waals surface area contributed by atoms with Gasteiger partial charge in [0.25, 0.3) is 0 Å². The van der Waals surface area contributed by atoms with Crippen LogP contribution in [0.25, 0.3) is 0 Å². The predicted octanol–water partition coefficient (Wildman–Crippen LogP) is 3.95. The van der Waals surface area contributed by atoms with Crippen LogP contribution in [0.1, 0.15) is 36.7 Å². The zero-order valence-corrected chi connectivity index (χ0v) is 21.6. The predicted molar refractivity (Wildman–Crippen MR) is 133 cm³/mol. The summed E-state index contributed by atoms with van der Waals surface area (Å²) in [6.07, 6.45) is -0.484. The van der Waals surface area contributed by atoms with E-state index in [4.69, 9.17) is 28.4 Å². The fraction of sp³-hybridized carbons (Fsp3) is 0.519. The van der Waals surface area contributed by atoms with Crippen molar-refractivity contribution in [3.63, 3.8) is 0 Å². The van der Waals surface area contributed by atoms with Gasteiger partial charge in [0.05, 0.1) is 40.1 Å². The molecule has 0 amide bonds. The van der Waals surface area contributed by atoms with Crippen LogP contribution in [0.2, 0.25) is 0 Å². The molecular weight excluding hydrogens is 450 g/mol. The van der Waals surface area contributed by atoms with Gasteiger partial charge in [-0.2, -0.15) is 0 Å². The molecule has 8 heteroatoms. The molecule has 1 saturated heterocycles. The minimum atomic E-state index is -0.491. The minimum Gasteiger partial charge on any atom is -0.493 e. The van der Waals surface area contributed by atoms with Crippen LogP contribution in [0.3, 0.4) is 0 Å². The summed E-state index contributed by atoms with van der Waals surface area (Å²) in [6.45, 7) is 10.1. The number of rotatable bonds is 10. The van der Waals surface area contributed by atoms with Crippen molar-refractivity contribution in [3.05, 3.63) is 47.5 Å². The summed E-state index contributed by atoms with van der Waals surface area (Å²) in [5, 5.41) is 0. The minimum absolute atomic E-state index is 0.0629. The molecule has 0 spiro atoms. The topological polar surface area (TPSA) is 75.7 Å². The normalized spacial score (nSPS) is 15.3. The zero-order valence-electron chi connectivity index (χ0n) is 21.6. The summed E-state index contributed by atoms with van der Waals surface area (Å²) in [6, 6.07) is 11.2. The smallest absolute Gasteiger partial charge is 0.338 e. The standard InChI is InChI=1S/C27H37NO7/c1-27(2,3)20-7-9-21(10-8-20)34-18-22(17-28-11-13-33-14-12-28)35-26(29)19-15-23(30-4)25(32-6)24(16-19)31-5/h7-10,15-16,22H,11-14,17-18H2,1-6H3. The van der Waals surface area contributed by atoms with Crippen LogP contribution >= 0.6 is 0 Å². The van der Waals surface area contributed by atoms with E-state index >= 15 is 0 Å². The van der Waals surface area contributed by atoms with Crippen LogP contribution < -0.4 is 18.9 Å². The first-order valence-corrected chi connectivity index (χ1v) is 11.8. The number of ether oxygens (including phenoxy) is 6. The fourth-order valence-corrected chi connectivity index (χ4v) is 3.85. The van der Waals surface area contributed by atoms with Gasteiger partial charge < -0.3 is 28.4 Å². The summed E-state index contributed by atoms with van der Waals surface area (Å²) >= 11 is 0. The third kappa shape index (κ3) is 7.26. The Morgan fingerprint density at radius 1 is 0.971 bits per heavy atom. The summed E-state index contributed by atoms with van der Waals surface area (Å²) < 4.78 is 33.5. The van der Waals surface area contributed by atoms with Gasteiger partial charge in [0, 0.05) is 19.6 Å². The molecule has 1 unspecified atom stereocenters. The number of nitrogens with zero attached hydrogens (tertiary/aromatic N) is 1. The van der Waals surface area contributed by atoms with Crippen molar-refractivity contribution in [2.75, 3.05) is 60.8 Å². The van der Waals surface area contributed by atoms with Gasteiger partial charge in [0.15, 0.2) is 11.5 Å². The molecule has 0 saturated carbocycles. The molecule has 0 aromatic heterocycles. The molecule has 0 bridgehead atoms. The molecule has 3 rings (SSSR count). The summed E-state index contributed by atoms with van der Waals surface area (Å²) in [4.78, 5) is 15.3. The first kappa shape index (κ1) is 26.6. The van der Waals surface area contributed by atoms with Gasteiger partial charge in [-0.05, 0) is 35.2 Å². The maximum absolute atomic E-state index is 13.1. The lowest BCUT2D eigenvalue weighted by Gasteiger charge is -2.30. The maximum atomic E-state index is 13.1. The number of esters is 1. The van der Waals surface area contributed by atoms with Crippen LogP contribution in [0, 0.1) is 0 Å². The molecule has 192 valence electrons. The molecule has 1 atom stereocenters. The van der Waals surface area contributed by atoms with Crippen LogP contribution in [-0.2, 0) is 14.9 Å². The van der Waals surface area contributed by atoms with Crippen LogP contribution in [-0.4, -0.2) is 77.8 Å². The highest BCUT2D eigenvalue weighted by Crippen LogP contribution is 2.38. The average molecular weight is 488 g/mol. The number of benzene rings is 2. The second kappa shape index (κ2) is 12.1. The zero-order chi connectivity index (χ0) is 25.4. The molecule has 1 heterocycles. The maximum Gasteiger partial charge on any atom is 0.338 e. The number of morpholine rings is 1. The molecule has 0 radical (unpaired) electrons. The van der Waals surface area contributed by atoms with Gasteiger partial charge in [-0.1, -0.05) is 32.9 Å². The Morgan fingerprint density at radius 3 is 2.09 bits per heavy atom. The van der Waals surface area contributed by atoms with Crippen molar-refractivity contribution in [1.82, 2.24) is 4.90 Å². The highest BCUT2D eigenvalue weighted by Gasteiger charge is 2.24. The molecule has 1 aliphatic heterocycles. The summed E-state index contributed by atoms with van der Waals surface area (Å²) in [5.41, 5.74) is 1.59. The van der Waals surface area contributed by atoms with Crippen molar-refractivity contribution in [2.45, 2.75) is 32.3 Å². The summed E-state index contributed by atoms with van der Waals surface area (Å²) in [5.74, 6) is 1.43. The fourth-order valence-electron chi connectivity index (χ4n) is 3.85. The van der Waals surface area contributed by atoms with Crippen LogP contribution in [0.4, 0.5) is 0 Å². The van der Waals surface area contributed by atoms with E-state index in [1.165, 1.54) is 26.9 Å². The van der Waals surface area contributed by atoms with Crippen molar-refractivity contribution in [3.8, 4) is 23.0 Å². The highest BCUT2D eigenvalue weighted by atomic mass is 16.6. The van der Waals surface area contributed by atoms with Gasteiger partial charge in [-0.15, -0.1) is 0 Å². The second-order valence-corrected chi connectivity index (χ2v) is 9.44. The lowest BCUT2D eigenvalue weighted by molar-refractivity contribution is -0.0154. The van der Waals surface area contributed by atoms with Crippen molar-refractivity contribution >= 4 is 5.97 Å². The largest absolute Gasteiger partial charge is 0.493 e. The molecule has 2 aromatic rings. The third-order valence-corrected chi connectivity index (χ3v) is 5.90. The Bertz CT molecular complexity index is 937. The number of carbonyl (C=O) groups is 1.